The molecule has 0 saturated carbocycles. The van der Waals surface area contributed by atoms with Gasteiger partial charge >= 0.3 is 0 Å². The smallest absolute Gasteiger partial charge is 0.119 e. The first kappa shape index (κ1) is 18.4. The molecule has 0 fully saturated rings. The Balaban J connectivity index is 0. The van der Waals surface area contributed by atoms with Crippen LogP contribution in [0, 0.1) is 0 Å². The molecule has 74 valence electrons. The Kier molecular flexibility index (Phi) is 10.0. The summed E-state index contributed by atoms with van der Waals surface area (Å²) in [7, 11) is 0. The summed E-state index contributed by atoms with van der Waals surface area (Å²) in [5, 5.41) is 9.71. The van der Waals surface area contributed by atoms with Gasteiger partial charge in [0.05, 0.1) is 0 Å². The molecule has 0 atom stereocenters. The maximum atomic E-state index is 9.71. The van der Waals surface area contributed by atoms with Gasteiger partial charge in [0.15, 0.2) is 0 Å². The predicted molar refractivity (Wildman–Crippen MR) is 67.8 cm³/mol. The first-order chi connectivity index (χ1) is 6.04. The van der Waals surface area contributed by atoms with Crippen molar-refractivity contribution in [1.82, 2.24) is 0 Å². The fourth-order valence-corrected chi connectivity index (χ4v) is 1.70. The van der Waals surface area contributed by atoms with Crippen LogP contribution in [0.2, 0.25) is 0 Å². The minimum atomic E-state index is 0. The number of hydrogen-bond donors (Lipinski definition) is 1. The van der Waals surface area contributed by atoms with Crippen molar-refractivity contribution in [2.75, 3.05) is 0 Å². The van der Waals surface area contributed by atoms with Gasteiger partial charge in [-0.1, -0.05) is 39.8 Å². The summed E-state index contributed by atoms with van der Waals surface area (Å²) >= 11 is 0. The molecule has 2 radical (unpaired) electrons. The molecule has 3 heteroatoms. The molecule has 0 bridgehead atoms. The average Bonchev–Trinajstić information content (AvgIpc) is 2.02. The second-order valence-electron chi connectivity index (χ2n) is 4.09. The number of phenols is 1. The number of rotatable bonds is 2. The SMILES string of the molecule is CC(C)c1cccc(O)c1C(C)C.[Na].[Na]. The number of benzene rings is 1. The first-order valence-electron chi connectivity index (χ1n) is 4.85. The normalized spacial score (nSPS) is 9.73. The Hall–Kier alpha value is 1.02. The van der Waals surface area contributed by atoms with E-state index in [1.807, 2.05) is 6.07 Å². The molecule has 1 rings (SSSR count). The third kappa shape index (κ3) is 4.80. The molecule has 1 aromatic carbocycles. The van der Waals surface area contributed by atoms with Gasteiger partial charge in [-0.25, -0.2) is 0 Å². The summed E-state index contributed by atoms with van der Waals surface area (Å²) in [5.74, 6) is 1.30. The Morgan fingerprint density at radius 2 is 1.47 bits per heavy atom. The maximum Gasteiger partial charge on any atom is 0.119 e. The summed E-state index contributed by atoms with van der Waals surface area (Å²) < 4.78 is 0. The summed E-state index contributed by atoms with van der Waals surface area (Å²) in [4.78, 5) is 0. The van der Waals surface area contributed by atoms with E-state index in [9.17, 15) is 5.11 Å². The fourth-order valence-electron chi connectivity index (χ4n) is 1.70. The van der Waals surface area contributed by atoms with E-state index < -0.39 is 0 Å². The topological polar surface area (TPSA) is 20.2 Å². The largest absolute Gasteiger partial charge is 0.508 e. The van der Waals surface area contributed by atoms with Crippen molar-refractivity contribution in [3.05, 3.63) is 29.3 Å². The zero-order chi connectivity index (χ0) is 10.0. The van der Waals surface area contributed by atoms with Crippen molar-refractivity contribution in [3.8, 4) is 5.75 Å². The monoisotopic (exact) mass is 224 g/mol. The summed E-state index contributed by atoms with van der Waals surface area (Å²) in [6.07, 6.45) is 0. The molecule has 15 heavy (non-hydrogen) atoms. The van der Waals surface area contributed by atoms with Gasteiger partial charge in [0, 0.05) is 59.1 Å². The summed E-state index contributed by atoms with van der Waals surface area (Å²) in [5.41, 5.74) is 2.35. The number of hydrogen-bond acceptors (Lipinski definition) is 1. The molecule has 0 aliphatic carbocycles. The molecular weight excluding hydrogens is 206 g/mol. The summed E-state index contributed by atoms with van der Waals surface area (Å²) in [6.45, 7) is 8.53. The zero-order valence-electron chi connectivity index (χ0n) is 10.8. The van der Waals surface area contributed by atoms with Crippen LogP contribution in [-0.2, 0) is 0 Å². The van der Waals surface area contributed by atoms with E-state index in [0.29, 0.717) is 17.6 Å². The molecule has 1 aromatic rings. The first-order valence-corrected chi connectivity index (χ1v) is 4.85. The minimum Gasteiger partial charge on any atom is -0.508 e. The molecule has 0 amide bonds. The van der Waals surface area contributed by atoms with Gasteiger partial charge in [0.25, 0.3) is 0 Å². The minimum absolute atomic E-state index is 0. The van der Waals surface area contributed by atoms with Crippen LogP contribution in [0.15, 0.2) is 18.2 Å². The van der Waals surface area contributed by atoms with Crippen LogP contribution in [0.1, 0.15) is 50.7 Å². The molecule has 0 heterocycles. The van der Waals surface area contributed by atoms with Crippen molar-refractivity contribution >= 4 is 59.1 Å². The molecule has 1 N–H and O–H groups in total. The standard InChI is InChI=1S/C12H18O.2Na/c1-8(2)10-6-5-7-11(13)12(10)9(3)4;;/h5-9,13H,1-4H3;;. The average molecular weight is 224 g/mol. The van der Waals surface area contributed by atoms with Gasteiger partial charge in [0.2, 0.25) is 0 Å². The predicted octanol–water partition coefficient (Wildman–Crippen LogP) is 2.88. The van der Waals surface area contributed by atoms with Gasteiger partial charge in [-0.15, -0.1) is 0 Å². The Morgan fingerprint density at radius 1 is 0.933 bits per heavy atom. The van der Waals surface area contributed by atoms with Crippen LogP contribution in [-0.4, -0.2) is 64.2 Å². The van der Waals surface area contributed by atoms with Crippen LogP contribution >= 0.6 is 0 Å². The quantitative estimate of drug-likeness (QED) is 0.766. The molecule has 0 saturated heterocycles. The maximum absolute atomic E-state index is 9.71. The molecule has 0 spiro atoms. The van der Waals surface area contributed by atoms with Gasteiger partial charge < -0.3 is 5.11 Å². The second kappa shape index (κ2) is 8.16. The van der Waals surface area contributed by atoms with Gasteiger partial charge in [-0.05, 0) is 29.0 Å². The van der Waals surface area contributed by atoms with Crippen LogP contribution in [0.25, 0.3) is 0 Å². The van der Waals surface area contributed by atoms with Gasteiger partial charge in [0.1, 0.15) is 5.75 Å². The van der Waals surface area contributed by atoms with Crippen molar-refractivity contribution in [3.63, 3.8) is 0 Å². The van der Waals surface area contributed by atoms with Crippen LogP contribution in [0.5, 0.6) is 5.75 Å². The van der Waals surface area contributed by atoms with Crippen molar-refractivity contribution in [1.29, 1.82) is 0 Å². The van der Waals surface area contributed by atoms with Crippen molar-refractivity contribution in [2.45, 2.75) is 39.5 Å². The fraction of sp³-hybridized carbons (Fsp3) is 0.500. The Bertz CT molecular complexity index is 296. The molecule has 0 unspecified atom stereocenters. The number of phenolic OH excluding ortho intramolecular Hbond substituents is 1. The van der Waals surface area contributed by atoms with Crippen molar-refractivity contribution < 1.29 is 5.11 Å². The second-order valence-corrected chi connectivity index (χ2v) is 4.09. The van der Waals surface area contributed by atoms with Crippen LogP contribution < -0.4 is 0 Å². The van der Waals surface area contributed by atoms with E-state index in [1.165, 1.54) is 5.56 Å². The van der Waals surface area contributed by atoms with E-state index in [0.717, 1.165) is 5.56 Å². The van der Waals surface area contributed by atoms with Crippen molar-refractivity contribution in [2.24, 2.45) is 0 Å². The van der Waals surface area contributed by atoms with E-state index >= 15 is 0 Å². The summed E-state index contributed by atoms with van der Waals surface area (Å²) in [6, 6.07) is 5.78. The van der Waals surface area contributed by atoms with E-state index in [-0.39, 0.29) is 59.1 Å². The van der Waals surface area contributed by atoms with E-state index in [1.54, 1.807) is 6.07 Å². The van der Waals surface area contributed by atoms with Crippen LogP contribution in [0.3, 0.4) is 0 Å². The molecule has 1 nitrogen and oxygen atoms in total. The van der Waals surface area contributed by atoms with Gasteiger partial charge in [-0.3, -0.25) is 0 Å². The molecule has 0 aliphatic rings. The van der Waals surface area contributed by atoms with Crippen LogP contribution in [0.4, 0.5) is 0 Å². The van der Waals surface area contributed by atoms with E-state index in [2.05, 4.69) is 33.8 Å². The zero-order valence-corrected chi connectivity index (χ0v) is 14.8. The van der Waals surface area contributed by atoms with E-state index in [4.69, 9.17) is 0 Å². The molecular formula is C12H18Na2O. The number of aromatic hydroxyl groups is 1. The third-order valence-corrected chi connectivity index (χ3v) is 2.32. The molecule has 0 aliphatic heterocycles. The Labute approximate surface area is 137 Å². The Morgan fingerprint density at radius 3 is 1.80 bits per heavy atom. The molecule has 0 aromatic heterocycles. The van der Waals surface area contributed by atoms with Gasteiger partial charge in [-0.2, -0.15) is 0 Å². The third-order valence-electron chi connectivity index (χ3n) is 2.32.